The summed E-state index contributed by atoms with van der Waals surface area (Å²) >= 11 is 0. The number of benzene rings is 1. The van der Waals surface area contributed by atoms with E-state index in [4.69, 9.17) is 11.0 Å². The molecule has 0 radical (unpaired) electrons. The molecule has 3 heteroatoms. The first-order chi connectivity index (χ1) is 6.27. The predicted octanol–water partition coefficient (Wildman–Crippen LogP) is 0.940. The Morgan fingerprint density at radius 2 is 2.00 bits per heavy atom. The summed E-state index contributed by atoms with van der Waals surface area (Å²) in [7, 11) is 0. The molecule has 0 aromatic heterocycles. The largest absolute Gasteiger partial charge is 0.388 e. The lowest BCUT2D eigenvalue weighted by Crippen LogP contribution is -2.06. The summed E-state index contributed by atoms with van der Waals surface area (Å²) in [6.07, 6.45) is 0.0315. The summed E-state index contributed by atoms with van der Waals surface area (Å²) in [4.78, 5) is 0. The van der Waals surface area contributed by atoms with Crippen LogP contribution in [-0.4, -0.2) is 11.7 Å². The van der Waals surface area contributed by atoms with Gasteiger partial charge in [-0.3, -0.25) is 0 Å². The van der Waals surface area contributed by atoms with Crippen molar-refractivity contribution in [1.82, 2.24) is 0 Å². The van der Waals surface area contributed by atoms with Crippen LogP contribution in [-0.2, 0) is 0 Å². The third kappa shape index (κ3) is 2.55. The van der Waals surface area contributed by atoms with Crippen molar-refractivity contribution in [1.29, 1.82) is 5.26 Å². The number of aliphatic hydroxyl groups is 1. The molecule has 3 N–H and O–H groups in total. The molecule has 0 fully saturated rings. The lowest BCUT2D eigenvalue weighted by Gasteiger charge is -2.08. The number of nitrogens with zero attached hydrogens (tertiary/aromatic N) is 1. The van der Waals surface area contributed by atoms with Crippen molar-refractivity contribution in [3.05, 3.63) is 35.4 Å². The Hall–Kier alpha value is -1.37. The van der Waals surface area contributed by atoms with Crippen LogP contribution >= 0.6 is 0 Å². The molecule has 1 atom stereocenters. The molecular weight excluding hydrogens is 164 g/mol. The van der Waals surface area contributed by atoms with E-state index in [1.165, 1.54) is 0 Å². The zero-order valence-corrected chi connectivity index (χ0v) is 7.27. The first-order valence-corrected chi connectivity index (χ1v) is 4.16. The van der Waals surface area contributed by atoms with Crippen LogP contribution in [0.3, 0.4) is 0 Å². The zero-order valence-electron chi connectivity index (χ0n) is 7.27. The Balaban J connectivity index is 2.75. The zero-order chi connectivity index (χ0) is 9.68. The van der Waals surface area contributed by atoms with Gasteiger partial charge in [0.2, 0.25) is 0 Å². The van der Waals surface area contributed by atoms with Gasteiger partial charge in [0.25, 0.3) is 0 Å². The smallest absolute Gasteiger partial charge is 0.0991 e. The minimum atomic E-state index is -0.516. The summed E-state index contributed by atoms with van der Waals surface area (Å²) in [6.45, 7) is 0.459. The molecular formula is C10H12N2O. The highest BCUT2D eigenvalue weighted by atomic mass is 16.3. The highest BCUT2D eigenvalue weighted by Crippen LogP contribution is 2.15. The number of hydrogen-bond donors (Lipinski definition) is 2. The second kappa shape index (κ2) is 4.61. The number of rotatable bonds is 3. The monoisotopic (exact) mass is 176 g/mol. The van der Waals surface area contributed by atoms with E-state index in [0.29, 0.717) is 18.5 Å². The van der Waals surface area contributed by atoms with Gasteiger partial charge in [-0.25, -0.2) is 0 Å². The first-order valence-electron chi connectivity index (χ1n) is 4.16. The molecule has 0 saturated carbocycles. The van der Waals surface area contributed by atoms with E-state index in [-0.39, 0.29) is 0 Å². The van der Waals surface area contributed by atoms with Crippen LogP contribution in [0.4, 0.5) is 0 Å². The van der Waals surface area contributed by atoms with Crippen LogP contribution in [0.15, 0.2) is 24.3 Å². The van der Waals surface area contributed by atoms with Crippen LogP contribution in [0.25, 0.3) is 0 Å². The van der Waals surface area contributed by atoms with Crippen molar-refractivity contribution in [3.8, 4) is 6.07 Å². The topological polar surface area (TPSA) is 70.0 Å². The fourth-order valence-corrected chi connectivity index (χ4v) is 1.10. The lowest BCUT2D eigenvalue weighted by molar-refractivity contribution is 0.170. The maximum atomic E-state index is 9.52. The molecule has 0 bridgehead atoms. The van der Waals surface area contributed by atoms with Gasteiger partial charge in [0.15, 0.2) is 0 Å². The van der Waals surface area contributed by atoms with Crippen molar-refractivity contribution >= 4 is 0 Å². The summed E-state index contributed by atoms with van der Waals surface area (Å²) in [5.74, 6) is 0. The molecule has 68 valence electrons. The fraction of sp³-hybridized carbons (Fsp3) is 0.300. The lowest BCUT2D eigenvalue weighted by atomic mass is 10.1. The van der Waals surface area contributed by atoms with Gasteiger partial charge in [-0.1, -0.05) is 12.1 Å². The van der Waals surface area contributed by atoms with Crippen LogP contribution in [0.5, 0.6) is 0 Å². The Morgan fingerprint density at radius 1 is 1.38 bits per heavy atom. The highest BCUT2D eigenvalue weighted by Gasteiger charge is 2.05. The predicted molar refractivity (Wildman–Crippen MR) is 49.8 cm³/mol. The molecule has 0 saturated heterocycles. The van der Waals surface area contributed by atoms with Gasteiger partial charge in [0.05, 0.1) is 17.7 Å². The average molecular weight is 176 g/mol. The normalized spacial score (nSPS) is 12.1. The minimum absolute atomic E-state index is 0.459. The van der Waals surface area contributed by atoms with E-state index in [1.807, 2.05) is 6.07 Å². The number of nitriles is 1. The van der Waals surface area contributed by atoms with Crippen LogP contribution in [0.1, 0.15) is 23.7 Å². The van der Waals surface area contributed by atoms with Crippen molar-refractivity contribution in [2.75, 3.05) is 6.54 Å². The van der Waals surface area contributed by atoms with Crippen molar-refractivity contribution < 1.29 is 5.11 Å². The standard InChI is InChI=1S/C10H12N2O/c11-6-5-10(13)9-3-1-8(7-12)2-4-9/h1-4,10,13H,5-6,11H2/t10-/m0/s1. The fourth-order valence-electron chi connectivity index (χ4n) is 1.10. The SMILES string of the molecule is N#Cc1ccc([C@@H](O)CCN)cc1. The van der Waals surface area contributed by atoms with Gasteiger partial charge in [-0.05, 0) is 30.7 Å². The summed E-state index contributed by atoms with van der Waals surface area (Å²) in [5, 5.41) is 18.1. The Bertz CT molecular complexity index is 300. The van der Waals surface area contributed by atoms with E-state index >= 15 is 0 Å². The molecule has 1 rings (SSSR count). The average Bonchev–Trinajstić information content (AvgIpc) is 2.18. The molecule has 1 aromatic carbocycles. The van der Waals surface area contributed by atoms with Crippen molar-refractivity contribution in [3.63, 3.8) is 0 Å². The first kappa shape index (κ1) is 9.72. The molecule has 3 nitrogen and oxygen atoms in total. The molecule has 0 heterocycles. The van der Waals surface area contributed by atoms with E-state index in [2.05, 4.69) is 0 Å². The van der Waals surface area contributed by atoms with Gasteiger partial charge in [0, 0.05) is 0 Å². The molecule has 13 heavy (non-hydrogen) atoms. The minimum Gasteiger partial charge on any atom is -0.388 e. The maximum Gasteiger partial charge on any atom is 0.0991 e. The Morgan fingerprint density at radius 3 is 2.46 bits per heavy atom. The quantitative estimate of drug-likeness (QED) is 0.720. The maximum absolute atomic E-state index is 9.52. The molecule has 0 aliphatic heterocycles. The van der Waals surface area contributed by atoms with Gasteiger partial charge >= 0.3 is 0 Å². The molecule has 0 spiro atoms. The summed E-state index contributed by atoms with van der Waals surface area (Å²) < 4.78 is 0. The molecule has 1 aromatic rings. The Kier molecular flexibility index (Phi) is 3.44. The Labute approximate surface area is 77.4 Å². The van der Waals surface area contributed by atoms with Gasteiger partial charge < -0.3 is 10.8 Å². The van der Waals surface area contributed by atoms with Crippen LogP contribution < -0.4 is 5.73 Å². The van der Waals surface area contributed by atoms with Gasteiger partial charge in [-0.2, -0.15) is 5.26 Å². The van der Waals surface area contributed by atoms with E-state index in [0.717, 1.165) is 5.56 Å². The summed E-state index contributed by atoms with van der Waals surface area (Å²) in [6, 6.07) is 8.90. The second-order valence-corrected chi connectivity index (χ2v) is 2.83. The van der Waals surface area contributed by atoms with Crippen LogP contribution in [0.2, 0.25) is 0 Å². The van der Waals surface area contributed by atoms with Crippen molar-refractivity contribution in [2.45, 2.75) is 12.5 Å². The van der Waals surface area contributed by atoms with Crippen LogP contribution in [0, 0.1) is 11.3 Å². The molecule has 0 aliphatic carbocycles. The number of nitrogens with two attached hydrogens (primary N) is 1. The molecule has 0 amide bonds. The van der Waals surface area contributed by atoms with Gasteiger partial charge in [0.1, 0.15) is 0 Å². The van der Waals surface area contributed by atoms with E-state index < -0.39 is 6.10 Å². The number of hydrogen-bond acceptors (Lipinski definition) is 3. The van der Waals surface area contributed by atoms with E-state index in [1.54, 1.807) is 24.3 Å². The summed E-state index contributed by atoms with van der Waals surface area (Å²) in [5.41, 5.74) is 6.72. The third-order valence-electron chi connectivity index (χ3n) is 1.86. The molecule has 0 unspecified atom stereocenters. The number of aliphatic hydroxyl groups excluding tert-OH is 1. The van der Waals surface area contributed by atoms with Crippen molar-refractivity contribution in [2.24, 2.45) is 5.73 Å². The van der Waals surface area contributed by atoms with Gasteiger partial charge in [-0.15, -0.1) is 0 Å². The highest BCUT2D eigenvalue weighted by molar-refractivity contribution is 5.32. The third-order valence-corrected chi connectivity index (χ3v) is 1.86. The second-order valence-electron chi connectivity index (χ2n) is 2.83. The van der Waals surface area contributed by atoms with E-state index in [9.17, 15) is 5.11 Å². The molecule has 0 aliphatic rings.